The summed E-state index contributed by atoms with van der Waals surface area (Å²) in [4.78, 5) is 14.4. The number of rotatable bonds is 3. The second-order valence-electron chi connectivity index (χ2n) is 4.98. The van der Waals surface area contributed by atoms with Gasteiger partial charge in [-0.2, -0.15) is 0 Å². The first-order valence-corrected chi connectivity index (χ1v) is 6.90. The molecule has 1 amide bonds. The molecule has 1 aromatic carbocycles. The van der Waals surface area contributed by atoms with Crippen LogP contribution in [0.5, 0.6) is 0 Å². The first-order chi connectivity index (χ1) is 9.70. The molecule has 2 aromatic rings. The number of amides is 1. The van der Waals surface area contributed by atoms with Crippen LogP contribution in [-0.2, 0) is 4.79 Å². The predicted octanol–water partition coefficient (Wildman–Crippen LogP) is 3.89. The van der Waals surface area contributed by atoms with E-state index in [2.05, 4.69) is 6.92 Å². The highest BCUT2D eigenvalue weighted by atomic mass is 16.3. The van der Waals surface area contributed by atoms with E-state index < -0.39 is 0 Å². The van der Waals surface area contributed by atoms with Crippen LogP contribution in [0.25, 0.3) is 11.6 Å². The summed E-state index contributed by atoms with van der Waals surface area (Å²) in [6.45, 7) is 4.72. The zero-order valence-electron chi connectivity index (χ0n) is 11.7. The van der Waals surface area contributed by atoms with Gasteiger partial charge in [0.05, 0.1) is 11.3 Å². The number of benzene rings is 1. The smallest absolute Gasteiger partial charge is 0.259 e. The fourth-order valence-corrected chi connectivity index (χ4v) is 2.57. The quantitative estimate of drug-likeness (QED) is 0.791. The molecule has 0 fully saturated rings. The summed E-state index contributed by atoms with van der Waals surface area (Å²) in [5.41, 5.74) is 2.69. The number of carbonyl (C=O) groups excluding carboxylic acids is 1. The maximum atomic E-state index is 12.6. The molecule has 2 heterocycles. The summed E-state index contributed by atoms with van der Waals surface area (Å²) in [7, 11) is 0. The van der Waals surface area contributed by atoms with Crippen molar-refractivity contribution in [1.29, 1.82) is 0 Å². The van der Waals surface area contributed by atoms with E-state index in [-0.39, 0.29) is 5.91 Å². The van der Waals surface area contributed by atoms with E-state index in [0.717, 1.165) is 35.7 Å². The Balaban J connectivity index is 2.08. The highest BCUT2D eigenvalue weighted by Crippen LogP contribution is 2.37. The Morgan fingerprint density at radius 3 is 2.70 bits per heavy atom. The lowest BCUT2D eigenvalue weighted by atomic mass is 10.1. The molecule has 0 atom stereocenters. The predicted molar refractivity (Wildman–Crippen MR) is 80.4 cm³/mol. The molecular weight excluding hydrogens is 250 g/mol. The van der Waals surface area contributed by atoms with Crippen LogP contribution in [0, 0.1) is 6.92 Å². The highest BCUT2D eigenvalue weighted by molar-refractivity contribution is 6.35. The summed E-state index contributed by atoms with van der Waals surface area (Å²) in [5, 5.41) is 0. The van der Waals surface area contributed by atoms with Crippen molar-refractivity contribution < 1.29 is 9.21 Å². The number of nitrogens with zero attached hydrogens (tertiary/aromatic N) is 1. The maximum Gasteiger partial charge on any atom is 0.259 e. The minimum absolute atomic E-state index is 0.0575. The molecule has 0 N–H and O–H groups in total. The molecule has 0 saturated heterocycles. The van der Waals surface area contributed by atoms with E-state index >= 15 is 0 Å². The number of aryl methyl sites for hydroxylation is 1. The zero-order valence-corrected chi connectivity index (χ0v) is 11.7. The van der Waals surface area contributed by atoms with Crippen molar-refractivity contribution in [2.24, 2.45) is 0 Å². The number of hydrogen-bond acceptors (Lipinski definition) is 2. The molecule has 102 valence electrons. The first kappa shape index (κ1) is 12.7. The van der Waals surface area contributed by atoms with Crippen LogP contribution in [0.15, 0.2) is 40.8 Å². The molecule has 1 aliphatic heterocycles. The SMILES string of the molecule is CCCN1C(=O)/C(=C\c2ccc(C)o2)c2ccccc21. The summed E-state index contributed by atoms with van der Waals surface area (Å²) >= 11 is 0. The lowest BCUT2D eigenvalue weighted by Crippen LogP contribution is -2.26. The number of furan rings is 1. The monoisotopic (exact) mass is 267 g/mol. The van der Waals surface area contributed by atoms with E-state index in [1.54, 1.807) is 0 Å². The molecule has 0 aliphatic carbocycles. The molecule has 1 aromatic heterocycles. The molecule has 1 aliphatic rings. The summed E-state index contributed by atoms with van der Waals surface area (Å²) < 4.78 is 5.56. The first-order valence-electron chi connectivity index (χ1n) is 6.90. The van der Waals surface area contributed by atoms with Crippen molar-refractivity contribution in [1.82, 2.24) is 0 Å². The van der Waals surface area contributed by atoms with Gasteiger partial charge in [-0.05, 0) is 37.6 Å². The van der Waals surface area contributed by atoms with E-state index in [4.69, 9.17) is 4.42 Å². The third kappa shape index (κ3) is 2.05. The molecular formula is C17H17NO2. The minimum Gasteiger partial charge on any atom is -0.462 e. The van der Waals surface area contributed by atoms with Crippen LogP contribution in [0.3, 0.4) is 0 Å². The Morgan fingerprint density at radius 1 is 1.20 bits per heavy atom. The molecule has 0 spiro atoms. The van der Waals surface area contributed by atoms with Crippen molar-refractivity contribution in [3.63, 3.8) is 0 Å². The maximum absolute atomic E-state index is 12.6. The lowest BCUT2D eigenvalue weighted by Gasteiger charge is -2.15. The molecule has 3 rings (SSSR count). The van der Waals surface area contributed by atoms with Crippen molar-refractivity contribution in [3.8, 4) is 0 Å². The fraction of sp³-hybridized carbons (Fsp3) is 0.235. The average Bonchev–Trinajstić information content (AvgIpc) is 2.97. The Morgan fingerprint density at radius 2 is 2.00 bits per heavy atom. The second kappa shape index (κ2) is 5.00. The molecule has 0 saturated carbocycles. The van der Waals surface area contributed by atoms with E-state index in [1.165, 1.54) is 0 Å². The number of hydrogen-bond donors (Lipinski definition) is 0. The number of para-hydroxylation sites is 1. The van der Waals surface area contributed by atoms with Gasteiger partial charge in [-0.1, -0.05) is 25.1 Å². The summed E-state index contributed by atoms with van der Waals surface area (Å²) in [6, 6.07) is 11.7. The number of fused-ring (bicyclic) bond motifs is 1. The van der Waals surface area contributed by atoms with Crippen LogP contribution in [-0.4, -0.2) is 12.5 Å². The lowest BCUT2D eigenvalue weighted by molar-refractivity contribution is -0.113. The van der Waals surface area contributed by atoms with Gasteiger partial charge in [-0.15, -0.1) is 0 Å². The molecule has 0 unspecified atom stereocenters. The number of anilines is 1. The van der Waals surface area contributed by atoms with Gasteiger partial charge in [0.2, 0.25) is 0 Å². The van der Waals surface area contributed by atoms with Crippen LogP contribution in [0.1, 0.15) is 30.4 Å². The van der Waals surface area contributed by atoms with Crippen LogP contribution in [0.2, 0.25) is 0 Å². The van der Waals surface area contributed by atoms with Crippen molar-refractivity contribution in [2.45, 2.75) is 20.3 Å². The van der Waals surface area contributed by atoms with Gasteiger partial charge < -0.3 is 9.32 Å². The van der Waals surface area contributed by atoms with Crippen molar-refractivity contribution in [3.05, 3.63) is 53.5 Å². The Hall–Kier alpha value is -2.29. The minimum atomic E-state index is 0.0575. The fourth-order valence-electron chi connectivity index (χ4n) is 2.57. The largest absolute Gasteiger partial charge is 0.462 e. The third-order valence-electron chi connectivity index (χ3n) is 3.46. The number of carbonyl (C=O) groups is 1. The van der Waals surface area contributed by atoms with Gasteiger partial charge in [0, 0.05) is 12.1 Å². The van der Waals surface area contributed by atoms with Crippen LogP contribution in [0.4, 0.5) is 5.69 Å². The molecule has 3 nitrogen and oxygen atoms in total. The second-order valence-corrected chi connectivity index (χ2v) is 4.98. The van der Waals surface area contributed by atoms with Gasteiger partial charge in [-0.3, -0.25) is 4.79 Å². The highest BCUT2D eigenvalue weighted by Gasteiger charge is 2.31. The Kier molecular flexibility index (Phi) is 3.18. The average molecular weight is 267 g/mol. The van der Waals surface area contributed by atoms with Gasteiger partial charge in [-0.25, -0.2) is 0 Å². The van der Waals surface area contributed by atoms with E-state index in [1.807, 2.05) is 54.3 Å². The Labute approximate surface area is 118 Å². The topological polar surface area (TPSA) is 33.5 Å². The normalized spacial score (nSPS) is 16.0. The van der Waals surface area contributed by atoms with E-state index in [9.17, 15) is 4.79 Å². The van der Waals surface area contributed by atoms with Gasteiger partial charge in [0.25, 0.3) is 5.91 Å². The van der Waals surface area contributed by atoms with Gasteiger partial charge in [0.1, 0.15) is 11.5 Å². The Bertz CT molecular complexity index is 682. The van der Waals surface area contributed by atoms with Gasteiger partial charge >= 0.3 is 0 Å². The molecule has 0 radical (unpaired) electrons. The molecule has 20 heavy (non-hydrogen) atoms. The van der Waals surface area contributed by atoms with Crippen LogP contribution >= 0.6 is 0 Å². The third-order valence-corrected chi connectivity index (χ3v) is 3.46. The summed E-state index contributed by atoms with van der Waals surface area (Å²) in [6.07, 6.45) is 2.77. The van der Waals surface area contributed by atoms with Gasteiger partial charge in [0.15, 0.2) is 0 Å². The van der Waals surface area contributed by atoms with Crippen molar-refractivity contribution in [2.75, 3.05) is 11.4 Å². The van der Waals surface area contributed by atoms with Crippen molar-refractivity contribution >= 4 is 23.2 Å². The molecule has 0 bridgehead atoms. The zero-order chi connectivity index (χ0) is 14.1. The molecule has 3 heteroatoms. The van der Waals surface area contributed by atoms with E-state index in [0.29, 0.717) is 5.57 Å². The standard InChI is InChI=1S/C17H17NO2/c1-3-10-18-16-7-5-4-6-14(16)15(17(18)19)11-13-9-8-12(2)20-13/h4-9,11H,3,10H2,1-2H3/b15-11-. The summed E-state index contributed by atoms with van der Waals surface area (Å²) in [5.74, 6) is 1.63. The van der Waals surface area contributed by atoms with Crippen LogP contribution < -0.4 is 4.90 Å².